The van der Waals surface area contributed by atoms with Crippen molar-refractivity contribution in [2.45, 2.75) is 0 Å². The lowest BCUT2D eigenvalue weighted by Crippen LogP contribution is -2.28. The molecule has 0 saturated heterocycles. The number of rotatable bonds is 0. The maximum absolute atomic E-state index is 8.52. The third-order valence-corrected chi connectivity index (χ3v) is 0. The molecular formula is BrO3. The average molecular weight is 128 g/mol. The van der Waals surface area contributed by atoms with E-state index in [1.165, 1.54) is 0 Å². The second-order valence-electron chi connectivity index (χ2n) is 0.189. The predicted molar refractivity (Wildman–Crippen MR) is 0.686 cm³/mol. The van der Waals surface area contributed by atoms with Crippen molar-refractivity contribution >= 4 is 0 Å². The first-order chi connectivity index (χ1) is 1.73. The van der Waals surface area contributed by atoms with Crippen LogP contribution in [0.25, 0.3) is 0 Å². The van der Waals surface area contributed by atoms with E-state index in [1.54, 1.807) is 0 Å². The zero-order chi connectivity index (χ0) is 3.58. The monoisotopic (exact) mass is 127 g/mol. The van der Waals surface area contributed by atoms with E-state index in [0.717, 1.165) is 0 Å². The van der Waals surface area contributed by atoms with Gasteiger partial charge >= 0.3 is 14.8 Å². The molecule has 4 heteroatoms. The molecule has 1 radical (unpaired) electrons. The summed E-state index contributed by atoms with van der Waals surface area (Å²) in [6.07, 6.45) is 0. The van der Waals surface area contributed by atoms with E-state index in [9.17, 15) is 0 Å². The molecule has 0 aliphatic rings. The summed E-state index contributed by atoms with van der Waals surface area (Å²) in [5, 5.41) is 0. The molecule has 0 aromatic heterocycles. The zero-order valence-corrected chi connectivity index (χ0v) is 3.19. The Balaban J connectivity index is 2.32. The molecule has 0 bridgehead atoms. The third-order valence-electron chi connectivity index (χ3n) is 0. The molecule has 4 heavy (non-hydrogen) atoms. The Bertz CT molecular complexity index is 8.00. The summed E-state index contributed by atoms with van der Waals surface area (Å²) in [7, 11) is 0. The quantitative estimate of drug-likeness (QED) is 0.362. The molecule has 3 nitrogen and oxygen atoms in total. The van der Waals surface area contributed by atoms with Crippen LogP contribution in [0.15, 0.2) is 0 Å². The van der Waals surface area contributed by atoms with Crippen LogP contribution >= 0.6 is 0 Å². The van der Waals surface area contributed by atoms with Gasteiger partial charge in [-0.2, -0.15) is 0 Å². The first-order valence-electron chi connectivity index (χ1n) is 0.463. The Morgan fingerprint density at radius 1 is 1.50 bits per heavy atom. The van der Waals surface area contributed by atoms with Gasteiger partial charge in [0.2, 0.25) is 4.20 Å². The Labute approximate surface area is 28.3 Å². The number of hydrogen-bond acceptors (Lipinski definition) is 2. The second-order valence-corrected chi connectivity index (χ2v) is 0.982. The van der Waals surface area contributed by atoms with Crippen molar-refractivity contribution in [3.63, 3.8) is 0 Å². The number of halogens is 1. The summed E-state index contributed by atoms with van der Waals surface area (Å²) in [6.45, 7) is 0. The molecular weight excluding hydrogens is 128 g/mol. The molecule has 0 saturated carbocycles. The fraction of sp³-hybridized carbons (Fsp3) is 0. The predicted octanol–water partition coefficient (Wildman–Crippen LogP) is -2.50. The molecule has 0 heterocycles. The average Bonchev–Trinajstić information content (AvgIpc) is 0.811. The van der Waals surface area contributed by atoms with E-state index in [2.05, 4.69) is 0 Å². The van der Waals surface area contributed by atoms with Crippen LogP contribution in [0.5, 0.6) is 0 Å². The van der Waals surface area contributed by atoms with E-state index in [-0.39, 0.29) is 0 Å². The van der Waals surface area contributed by atoms with Gasteiger partial charge in [-0.1, -0.05) is 0 Å². The van der Waals surface area contributed by atoms with Gasteiger partial charge in [0.25, 0.3) is 0 Å². The molecule has 0 unspecified atom stereocenters. The summed E-state index contributed by atoms with van der Waals surface area (Å²) in [5.41, 5.74) is 0. The Hall–Kier alpha value is 0.360. The minimum absolute atomic E-state index is 3.65. The van der Waals surface area contributed by atoms with Gasteiger partial charge in [0, 0.05) is 0 Å². The van der Waals surface area contributed by atoms with Gasteiger partial charge in [-0.15, -0.1) is 0 Å². The summed E-state index contributed by atoms with van der Waals surface area (Å²) in [4.78, 5) is 0. The standard InChI is InChI=1S/BrO3/c2-1(3)4. The summed E-state index contributed by atoms with van der Waals surface area (Å²) in [6, 6.07) is 0. The highest BCUT2D eigenvalue weighted by molar-refractivity contribution is 1.89. The van der Waals surface area contributed by atoms with Crippen LogP contribution in [-0.2, 0) is 4.20 Å². The fourth-order valence-electron chi connectivity index (χ4n) is 0. The van der Waals surface area contributed by atoms with Crippen LogP contribution < -0.4 is 8.40 Å². The zero-order valence-electron chi connectivity index (χ0n) is 1.60. The highest BCUT2D eigenvalue weighted by Crippen LogP contribution is 1.42. The maximum Gasteiger partial charge on any atom is 0.492 e. The summed E-state index contributed by atoms with van der Waals surface area (Å²) < 4.78 is 25.6. The van der Waals surface area contributed by atoms with Gasteiger partial charge in [-0.3, -0.25) is 0 Å². The lowest BCUT2D eigenvalue weighted by molar-refractivity contribution is -1.64. The summed E-state index contributed by atoms with van der Waals surface area (Å²) >= 11 is -3.65. The molecule has 25 valence electrons. The van der Waals surface area contributed by atoms with Crippen LogP contribution in [0.4, 0.5) is 0 Å². The molecule has 0 aliphatic carbocycles. The minimum Gasteiger partial charge on any atom is -0.369 e. The van der Waals surface area contributed by atoms with E-state index in [4.69, 9.17) is 12.6 Å². The molecule has 0 N–H and O–H groups in total. The highest BCUT2D eigenvalue weighted by atomic mass is 80.0. The topological polar surface area (TPSA) is 66.0 Å². The highest BCUT2D eigenvalue weighted by Gasteiger charge is 1.95. The SMILES string of the molecule is [O][Br+2]([O-])[O-]. The van der Waals surface area contributed by atoms with E-state index in [1.807, 2.05) is 0 Å². The van der Waals surface area contributed by atoms with Gasteiger partial charge < -0.3 is 8.40 Å². The number of hydrogen-bond donors (Lipinski definition) is 0. The van der Waals surface area contributed by atoms with Crippen LogP contribution in [0, 0.1) is 14.8 Å². The van der Waals surface area contributed by atoms with Crippen molar-refractivity contribution in [1.82, 2.24) is 0 Å². The molecule has 0 aromatic rings. The van der Waals surface area contributed by atoms with Crippen LogP contribution in [0.3, 0.4) is 0 Å². The van der Waals surface area contributed by atoms with Gasteiger partial charge in [0.05, 0.1) is 0 Å². The largest absolute Gasteiger partial charge is 0.492 e. The van der Waals surface area contributed by atoms with E-state index < -0.39 is 14.8 Å². The van der Waals surface area contributed by atoms with Crippen molar-refractivity contribution in [1.29, 1.82) is 0 Å². The normalized spacial score (nSPS) is 9.00. The van der Waals surface area contributed by atoms with Crippen LogP contribution in [0.2, 0.25) is 0 Å². The van der Waals surface area contributed by atoms with Gasteiger partial charge in [-0.25, -0.2) is 0 Å². The minimum atomic E-state index is -3.65. The van der Waals surface area contributed by atoms with Crippen molar-refractivity contribution in [3.8, 4) is 0 Å². The molecule has 0 spiro atoms. The Morgan fingerprint density at radius 3 is 1.50 bits per heavy atom. The van der Waals surface area contributed by atoms with Gasteiger partial charge in [0.15, 0.2) is 0 Å². The first-order valence-corrected chi connectivity index (χ1v) is 2.41. The molecule has 0 atom stereocenters. The molecule has 0 fully saturated rings. The lowest BCUT2D eigenvalue weighted by atomic mass is 16.0. The third kappa shape index (κ3) is 33.7. The molecule has 0 aliphatic heterocycles. The maximum atomic E-state index is 8.52. The van der Waals surface area contributed by atoms with E-state index >= 15 is 0 Å². The van der Waals surface area contributed by atoms with Crippen LogP contribution in [0.1, 0.15) is 0 Å². The first kappa shape index (κ1) is 4.36. The Kier molecular flexibility index (Phi) is 1.81. The molecule has 0 aromatic carbocycles. The lowest BCUT2D eigenvalue weighted by Gasteiger charge is -1.63. The fourth-order valence-corrected chi connectivity index (χ4v) is 0. The Morgan fingerprint density at radius 2 is 1.50 bits per heavy atom. The van der Waals surface area contributed by atoms with Gasteiger partial charge in [0.1, 0.15) is 0 Å². The van der Waals surface area contributed by atoms with Crippen LogP contribution in [-0.4, -0.2) is 0 Å². The van der Waals surface area contributed by atoms with Crippen molar-refractivity contribution < 1.29 is 27.4 Å². The van der Waals surface area contributed by atoms with Crippen molar-refractivity contribution in [3.05, 3.63) is 0 Å². The molecule has 0 amide bonds. The van der Waals surface area contributed by atoms with Gasteiger partial charge in [-0.05, 0) is 0 Å². The van der Waals surface area contributed by atoms with Crippen molar-refractivity contribution in [2.24, 2.45) is 0 Å². The van der Waals surface area contributed by atoms with E-state index in [0.29, 0.717) is 0 Å². The second kappa shape index (κ2) is 1.66. The smallest absolute Gasteiger partial charge is 0.369 e. The summed E-state index contributed by atoms with van der Waals surface area (Å²) in [5.74, 6) is 0. The van der Waals surface area contributed by atoms with Crippen molar-refractivity contribution in [2.75, 3.05) is 0 Å². The molecule has 0 rings (SSSR count).